The molecule has 2 aliphatic rings. The number of anilines is 3. The number of aryl methyl sites for hydroxylation is 1. The number of amides is 1. The molecule has 0 aromatic carbocycles. The van der Waals surface area contributed by atoms with Gasteiger partial charge in [-0.05, 0) is 37.5 Å². The maximum absolute atomic E-state index is 11.3. The minimum Gasteiger partial charge on any atom is -0.465 e. The molecule has 2 aromatic rings. The lowest BCUT2D eigenvalue weighted by Gasteiger charge is -2.31. The molecule has 0 spiro atoms. The quantitative estimate of drug-likeness (QED) is 0.640. The molecule has 2 aliphatic heterocycles. The van der Waals surface area contributed by atoms with Crippen LogP contribution in [0.25, 0.3) is 0 Å². The van der Waals surface area contributed by atoms with Gasteiger partial charge in [0.1, 0.15) is 11.6 Å². The van der Waals surface area contributed by atoms with Gasteiger partial charge in [0.25, 0.3) is 0 Å². The maximum atomic E-state index is 11.3. The van der Waals surface area contributed by atoms with Crippen LogP contribution in [-0.4, -0.2) is 76.4 Å². The second kappa shape index (κ2) is 9.59. The Bertz CT molecular complexity index is 870. The molecule has 4 heterocycles. The molecule has 4 rings (SSSR count). The topological polar surface area (TPSA) is 103 Å². The summed E-state index contributed by atoms with van der Waals surface area (Å²) >= 11 is 1.59. The molecule has 30 heavy (non-hydrogen) atoms. The number of pyridine rings is 1. The summed E-state index contributed by atoms with van der Waals surface area (Å²) in [6, 6.07) is 4.17. The lowest BCUT2D eigenvalue weighted by atomic mass is 10.1. The van der Waals surface area contributed by atoms with Gasteiger partial charge in [0, 0.05) is 49.8 Å². The number of likely N-dealkylation sites (tertiary alicyclic amines) is 1. The summed E-state index contributed by atoms with van der Waals surface area (Å²) in [5, 5.41) is 16.9. The smallest absolute Gasteiger partial charge is 0.407 e. The molecule has 1 amide bonds. The van der Waals surface area contributed by atoms with Crippen molar-refractivity contribution in [1.82, 2.24) is 19.8 Å². The Morgan fingerprint density at radius 2 is 2.10 bits per heavy atom. The molecule has 3 N–H and O–H groups in total. The number of thiazole rings is 1. The van der Waals surface area contributed by atoms with Gasteiger partial charge in [0.15, 0.2) is 5.13 Å². The van der Waals surface area contributed by atoms with E-state index >= 15 is 0 Å². The van der Waals surface area contributed by atoms with Crippen LogP contribution in [0.2, 0.25) is 0 Å². The van der Waals surface area contributed by atoms with Crippen LogP contribution in [0.4, 0.5) is 21.6 Å². The molecule has 2 saturated heterocycles. The standard InChI is InChI=1S/C20H28N6O3S/c1-14-11-21-19(30-14)24-18-10-15(12-25-5-7-29-8-6-25)9-17(23-18)22-16-3-2-4-26(13-16)20(27)28/h9-11,16H,2-8,12-13H2,1H3,(H,27,28)(H2,21,22,23,24). The first-order valence-corrected chi connectivity index (χ1v) is 11.1. The summed E-state index contributed by atoms with van der Waals surface area (Å²) in [6.45, 7) is 7.24. The number of aromatic nitrogens is 2. The van der Waals surface area contributed by atoms with Gasteiger partial charge < -0.3 is 25.4 Å². The lowest BCUT2D eigenvalue weighted by molar-refractivity contribution is 0.0342. The molecule has 2 aromatic heterocycles. The van der Waals surface area contributed by atoms with Crippen molar-refractivity contribution >= 4 is 34.2 Å². The van der Waals surface area contributed by atoms with Crippen LogP contribution in [0.1, 0.15) is 23.3 Å². The van der Waals surface area contributed by atoms with Gasteiger partial charge in [-0.15, -0.1) is 11.3 Å². The number of hydrogen-bond donors (Lipinski definition) is 3. The molecule has 1 atom stereocenters. The summed E-state index contributed by atoms with van der Waals surface area (Å²) in [5.41, 5.74) is 1.15. The third-order valence-electron chi connectivity index (χ3n) is 5.30. The molecular weight excluding hydrogens is 404 g/mol. The second-order valence-electron chi connectivity index (χ2n) is 7.75. The highest BCUT2D eigenvalue weighted by atomic mass is 32.1. The van der Waals surface area contributed by atoms with Crippen molar-refractivity contribution in [3.05, 3.63) is 28.8 Å². The first-order chi connectivity index (χ1) is 14.5. The van der Waals surface area contributed by atoms with E-state index in [4.69, 9.17) is 9.72 Å². The Balaban J connectivity index is 1.52. The summed E-state index contributed by atoms with van der Waals surface area (Å²) < 4.78 is 5.46. The fraction of sp³-hybridized carbons (Fsp3) is 0.550. The summed E-state index contributed by atoms with van der Waals surface area (Å²) in [7, 11) is 0. The highest BCUT2D eigenvalue weighted by Gasteiger charge is 2.23. The fourth-order valence-electron chi connectivity index (χ4n) is 3.83. The van der Waals surface area contributed by atoms with E-state index in [1.54, 1.807) is 11.3 Å². The van der Waals surface area contributed by atoms with E-state index in [9.17, 15) is 9.90 Å². The van der Waals surface area contributed by atoms with E-state index < -0.39 is 6.09 Å². The van der Waals surface area contributed by atoms with Gasteiger partial charge in [0.05, 0.1) is 13.2 Å². The minimum absolute atomic E-state index is 0.0518. The lowest BCUT2D eigenvalue weighted by Crippen LogP contribution is -2.44. The van der Waals surface area contributed by atoms with Crippen LogP contribution in [0.5, 0.6) is 0 Å². The Morgan fingerprint density at radius 3 is 2.83 bits per heavy atom. The van der Waals surface area contributed by atoms with Crippen LogP contribution in [-0.2, 0) is 11.3 Å². The van der Waals surface area contributed by atoms with Crippen molar-refractivity contribution < 1.29 is 14.6 Å². The third-order valence-corrected chi connectivity index (χ3v) is 6.12. The third kappa shape index (κ3) is 5.59. The Kier molecular flexibility index (Phi) is 6.66. The van der Waals surface area contributed by atoms with Gasteiger partial charge in [0.2, 0.25) is 0 Å². The predicted octanol–water partition coefficient (Wildman–Crippen LogP) is 2.98. The molecule has 2 fully saturated rings. The van der Waals surface area contributed by atoms with Crippen LogP contribution in [0.3, 0.4) is 0 Å². The van der Waals surface area contributed by atoms with Gasteiger partial charge in [-0.25, -0.2) is 14.8 Å². The molecule has 10 heteroatoms. The van der Waals surface area contributed by atoms with Crippen molar-refractivity contribution in [3.8, 4) is 0 Å². The Labute approximate surface area is 180 Å². The zero-order chi connectivity index (χ0) is 20.9. The van der Waals surface area contributed by atoms with Gasteiger partial charge in [-0.2, -0.15) is 0 Å². The van der Waals surface area contributed by atoms with Crippen molar-refractivity contribution in [1.29, 1.82) is 0 Å². The van der Waals surface area contributed by atoms with Gasteiger partial charge >= 0.3 is 6.09 Å². The van der Waals surface area contributed by atoms with E-state index in [-0.39, 0.29) is 6.04 Å². The largest absolute Gasteiger partial charge is 0.465 e. The second-order valence-corrected chi connectivity index (χ2v) is 8.98. The number of carbonyl (C=O) groups is 1. The monoisotopic (exact) mass is 432 g/mol. The van der Waals surface area contributed by atoms with E-state index in [2.05, 4.69) is 32.7 Å². The first-order valence-electron chi connectivity index (χ1n) is 10.3. The minimum atomic E-state index is -0.864. The number of piperidine rings is 1. The molecule has 162 valence electrons. The first kappa shape index (κ1) is 20.8. The van der Waals surface area contributed by atoms with E-state index in [1.807, 2.05) is 13.1 Å². The van der Waals surface area contributed by atoms with Crippen molar-refractivity contribution in [2.24, 2.45) is 0 Å². The predicted molar refractivity (Wildman–Crippen MR) is 117 cm³/mol. The van der Waals surface area contributed by atoms with Gasteiger partial charge in [-0.1, -0.05) is 0 Å². The number of morpholine rings is 1. The summed E-state index contributed by atoms with van der Waals surface area (Å²) in [4.78, 5) is 25.4. The number of carboxylic acid groups (broad SMARTS) is 1. The summed E-state index contributed by atoms with van der Waals surface area (Å²) in [5.74, 6) is 1.50. The highest BCUT2D eigenvalue weighted by molar-refractivity contribution is 7.15. The summed E-state index contributed by atoms with van der Waals surface area (Å²) in [6.07, 6.45) is 2.75. The SMILES string of the molecule is Cc1cnc(Nc2cc(CN3CCOCC3)cc(NC3CCCN(C(=O)O)C3)n2)s1. The van der Waals surface area contributed by atoms with E-state index in [0.29, 0.717) is 13.1 Å². The maximum Gasteiger partial charge on any atom is 0.407 e. The molecule has 0 aliphatic carbocycles. The van der Waals surface area contributed by atoms with Crippen LogP contribution in [0.15, 0.2) is 18.3 Å². The Hall–Kier alpha value is -2.43. The van der Waals surface area contributed by atoms with Crippen molar-refractivity contribution in [3.63, 3.8) is 0 Å². The number of nitrogens with one attached hydrogen (secondary N) is 2. The molecule has 0 radical (unpaired) electrons. The molecule has 9 nitrogen and oxygen atoms in total. The average Bonchev–Trinajstić information content (AvgIpc) is 3.13. The van der Waals surface area contributed by atoms with Gasteiger partial charge in [-0.3, -0.25) is 4.90 Å². The number of ether oxygens (including phenoxy) is 1. The Morgan fingerprint density at radius 1 is 1.30 bits per heavy atom. The van der Waals surface area contributed by atoms with Crippen LogP contribution >= 0.6 is 11.3 Å². The van der Waals surface area contributed by atoms with Crippen LogP contribution in [0, 0.1) is 6.92 Å². The highest BCUT2D eigenvalue weighted by Crippen LogP contribution is 2.25. The van der Waals surface area contributed by atoms with Crippen LogP contribution < -0.4 is 10.6 Å². The average molecular weight is 433 g/mol. The van der Waals surface area contributed by atoms with Crippen molar-refractivity contribution in [2.45, 2.75) is 32.4 Å². The number of hydrogen-bond acceptors (Lipinski definition) is 8. The molecular formula is C20H28N6O3S. The normalized spacial score (nSPS) is 20.2. The zero-order valence-corrected chi connectivity index (χ0v) is 18.0. The molecule has 1 unspecified atom stereocenters. The zero-order valence-electron chi connectivity index (χ0n) is 17.1. The number of rotatable bonds is 6. The fourth-order valence-corrected chi connectivity index (χ4v) is 4.51. The van der Waals surface area contributed by atoms with E-state index in [1.165, 1.54) is 4.90 Å². The molecule has 0 saturated carbocycles. The van der Waals surface area contributed by atoms with E-state index in [0.717, 1.165) is 72.9 Å². The molecule has 0 bridgehead atoms. The van der Waals surface area contributed by atoms with Crippen molar-refractivity contribution in [2.75, 3.05) is 50.0 Å². The number of nitrogens with zero attached hydrogens (tertiary/aromatic N) is 4.